The zero-order valence-electron chi connectivity index (χ0n) is 11.6. The summed E-state index contributed by atoms with van der Waals surface area (Å²) >= 11 is 0.876. The maximum absolute atomic E-state index is 12.2. The van der Waals surface area contributed by atoms with Gasteiger partial charge in [0.1, 0.15) is 10.3 Å². The molecule has 3 aromatic rings. The van der Waals surface area contributed by atoms with Crippen molar-refractivity contribution < 1.29 is 0 Å². The quantitative estimate of drug-likeness (QED) is 0.693. The molecule has 3 rings (SSSR count). The molecule has 0 saturated carbocycles. The summed E-state index contributed by atoms with van der Waals surface area (Å²) in [6.07, 6.45) is 0. The Morgan fingerprint density at radius 3 is 2.33 bits per heavy atom. The minimum Gasteiger partial charge on any atom is -0.281 e. The molecule has 2 heterocycles. The summed E-state index contributed by atoms with van der Waals surface area (Å²) in [5.74, 6) is 0. The zero-order chi connectivity index (χ0) is 15.1. The van der Waals surface area contributed by atoms with E-state index in [1.54, 1.807) is 7.05 Å². The number of thiazole rings is 1. The Morgan fingerprint density at radius 2 is 1.67 bits per heavy atom. The highest BCUT2D eigenvalue weighted by Crippen LogP contribution is 2.12. The molecule has 108 valence electrons. The van der Waals surface area contributed by atoms with Gasteiger partial charge in [0.05, 0.1) is 6.54 Å². The third-order valence-electron chi connectivity index (χ3n) is 3.44. The lowest BCUT2D eigenvalue weighted by molar-refractivity contribution is 0.683. The molecule has 0 saturated heterocycles. The Balaban J connectivity index is 2.35. The lowest BCUT2D eigenvalue weighted by Crippen LogP contribution is -2.37. The summed E-state index contributed by atoms with van der Waals surface area (Å²) < 4.78 is 4.14. The average Bonchev–Trinajstić information content (AvgIpc) is 2.81. The monoisotopic (exact) mass is 303 g/mol. The number of aromatic nitrogens is 3. The molecule has 0 unspecified atom stereocenters. The van der Waals surface area contributed by atoms with Crippen molar-refractivity contribution in [1.29, 1.82) is 0 Å². The smallest absolute Gasteiger partial charge is 0.281 e. The van der Waals surface area contributed by atoms with E-state index < -0.39 is 11.2 Å². The minimum atomic E-state index is -0.438. The predicted octanol–water partition coefficient (Wildman–Crippen LogP) is 0.509. The predicted molar refractivity (Wildman–Crippen MR) is 82.1 cm³/mol. The van der Waals surface area contributed by atoms with E-state index >= 15 is 0 Å². The average molecular weight is 303 g/mol. The van der Waals surface area contributed by atoms with Crippen molar-refractivity contribution >= 4 is 21.7 Å². The Bertz CT molecular complexity index is 992. The molecular weight excluding hydrogens is 290 g/mol. The molecule has 1 aromatic carbocycles. The Kier molecular flexibility index (Phi) is 3.13. The first-order valence-electron chi connectivity index (χ1n) is 6.34. The third kappa shape index (κ3) is 2.06. The van der Waals surface area contributed by atoms with E-state index in [0.29, 0.717) is 16.9 Å². The molecule has 0 amide bonds. The molecule has 0 radical (unpaired) electrons. The molecule has 21 heavy (non-hydrogen) atoms. The lowest BCUT2D eigenvalue weighted by atomic mass is 10.2. The maximum Gasteiger partial charge on any atom is 0.332 e. The first-order chi connectivity index (χ1) is 10.0. The molecule has 0 N–H and O–H groups in total. The van der Waals surface area contributed by atoms with E-state index in [9.17, 15) is 14.4 Å². The molecule has 6 nitrogen and oxygen atoms in total. The van der Waals surface area contributed by atoms with E-state index in [1.807, 2.05) is 30.3 Å². The second kappa shape index (κ2) is 4.85. The standard InChI is InChI=1S/C14H13N3O3S/c1-15-11-10(12(18)16(2)13(15)19)21-14(20)17(11)8-9-6-4-3-5-7-9/h3-7H,8H2,1-2H3. The fourth-order valence-corrected chi connectivity index (χ4v) is 3.33. The number of rotatable bonds is 2. The summed E-state index contributed by atoms with van der Waals surface area (Å²) in [6, 6.07) is 9.45. The number of nitrogens with zero attached hydrogens (tertiary/aromatic N) is 3. The summed E-state index contributed by atoms with van der Waals surface area (Å²) in [7, 11) is 2.98. The molecule has 2 aromatic heterocycles. The third-order valence-corrected chi connectivity index (χ3v) is 4.40. The minimum absolute atomic E-state index is 0.243. The van der Waals surface area contributed by atoms with Crippen LogP contribution in [-0.4, -0.2) is 13.7 Å². The molecule has 0 spiro atoms. The van der Waals surface area contributed by atoms with Crippen LogP contribution in [0, 0.1) is 0 Å². The van der Waals surface area contributed by atoms with Gasteiger partial charge in [-0.05, 0) is 5.56 Å². The van der Waals surface area contributed by atoms with Gasteiger partial charge in [0.2, 0.25) is 0 Å². The lowest BCUT2D eigenvalue weighted by Gasteiger charge is -2.08. The first-order valence-corrected chi connectivity index (χ1v) is 7.15. The molecule has 0 aliphatic rings. The van der Waals surface area contributed by atoms with Gasteiger partial charge >= 0.3 is 10.6 Å². The van der Waals surface area contributed by atoms with Crippen LogP contribution in [0.3, 0.4) is 0 Å². The molecule has 0 fully saturated rings. The normalized spacial score (nSPS) is 11.1. The Hall–Kier alpha value is -2.41. The SMILES string of the molecule is Cn1c(=O)c2sc(=O)n(Cc3ccccc3)c2n(C)c1=O. The van der Waals surface area contributed by atoms with Gasteiger partial charge in [-0.15, -0.1) is 0 Å². The zero-order valence-corrected chi connectivity index (χ0v) is 12.4. The molecule has 0 bridgehead atoms. The number of hydrogen-bond acceptors (Lipinski definition) is 4. The van der Waals surface area contributed by atoms with Crippen LogP contribution >= 0.6 is 11.3 Å². The first kappa shape index (κ1) is 13.6. The van der Waals surface area contributed by atoms with E-state index in [2.05, 4.69) is 0 Å². The van der Waals surface area contributed by atoms with Crippen LogP contribution in [0.5, 0.6) is 0 Å². The van der Waals surface area contributed by atoms with Crippen molar-refractivity contribution in [2.24, 2.45) is 14.1 Å². The van der Waals surface area contributed by atoms with Crippen molar-refractivity contribution in [3.8, 4) is 0 Å². The van der Waals surface area contributed by atoms with Crippen LogP contribution in [0.4, 0.5) is 0 Å². The number of hydrogen-bond donors (Lipinski definition) is 0. The van der Waals surface area contributed by atoms with Crippen molar-refractivity contribution in [1.82, 2.24) is 13.7 Å². The van der Waals surface area contributed by atoms with Crippen LogP contribution in [-0.2, 0) is 20.6 Å². The fraction of sp³-hybridized carbons (Fsp3) is 0.214. The van der Waals surface area contributed by atoms with Crippen LogP contribution in [0.25, 0.3) is 10.3 Å². The van der Waals surface area contributed by atoms with Gasteiger partial charge < -0.3 is 0 Å². The van der Waals surface area contributed by atoms with E-state index in [0.717, 1.165) is 21.5 Å². The van der Waals surface area contributed by atoms with Gasteiger partial charge in [-0.3, -0.25) is 23.3 Å². The molecule has 0 aliphatic heterocycles. The second-order valence-corrected chi connectivity index (χ2v) is 5.76. The van der Waals surface area contributed by atoms with E-state index in [4.69, 9.17) is 0 Å². The van der Waals surface area contributed by atoms with Gasteiger partial charge in [0.15, 0.2) is 0 Å². The van der Waals surface area contributed by atoms with Crippen LogP contribution in [0.15, 0.2) is 44.7 Å². The highest BCUT2D eigenvalue weighted by molar-refractivity contribution is 7.16. The van der Waals surface area contributed by atoms with Gasteiger partial charge in [-0.1, -0.05) is 41.7 Å². The van der Waals surface area contributed by atoms with Crippen molar-refractivity contribution in [3.05, 3.63) is 66.4 Å². The summed E-state index contributed by atoms with van der Waals surface area (Å²) in [5, 5.41) is 0. The van der Waals surface area contributed by atoms with Gasteiger partial charge in [-0.2, -0.15) is 0 Å². The van der Waals surface area contributed by atoms with Gasteiger partial charge in [0, 0.05) is 14.1 Å². The van der Waals surface area contributed by atoms with E-state index in [-0.39, 0.29) is 4.87 Å². The van der Waals surface area contributed by atoms with Gasteiger partial charge in [0.25, 0.3) is 5.56 Å². The maximum atomic E-state index is 12.2. The molecule has 0 aliphatic carbocycles. The summed E-state index contributed by atoms with van der Waals surface area (Å²) in [4.78, 5) is 36.1. The second-order valence-electron chi connectivity index (χ2n) is 4.80. The van der Waals surface area contributed by atoms with Crippen molar-refractivity contribution in [3.63, 3.8) is 0 Å². The largest absolute Gasteiger partial charge is 0.332 e. The molecule has 7 heteroatoms. The Morgan fingerprint density at radius 1 is 1.00 bits per heavy atom. The van der Waals surface area contributed by atoms with Crippen molar-refractivity contribution in [2.75, 3.05) is 0 Å². The summed E-state index contributed by atoms with van der Waals surface area (Å²) in [6.45, 7) is 0.333. The molecular formula is C14H13N3O3S. The number of aryl methyl sites for hydroxylation is 1. The Labute approximate surface area is 123 Å². The number of fused-ring (bicyclic) bond motifs is 1. The fourth-order valence-electron chi connectivity index (χ4n) is 2.33. The highest BCUT2D eigenvalue weighted by Gasteiger charge is 2.16. The highest BCUT2D eigenvalue weighted by atomic mass is 32.1. The van der Waals surface area contributed by atoms with Crippen LogP contribution < -0.4 is 16.1 Å². The van der Waals surface area contributed by atoms with Crippen LogP contribution in [0.1, 0.15) is 5.56 Å². The summed E-state index contributed by atoms with van der Waals surface area (Å²) in [5.41, 5.74) is 0.448. The van der Waals surface area contributed by atoms with E-state index in [1.165, 1.54) is 16.2 Å². The van der Waals surface area contributed by atoms with Gasteiger partial charge in [-0.25, -0.2) is 4.79 Å². The van der Waals surface area contributed by atoms with Crippen LogP contribution in [0.2, 0.25) is 0 Å². The topological polar surface area (TPSA) is 66.0 Å². The van der Waals surface area contributed by atoms with Crippen molar-refractivity contribution in [2.45, 2.75) is 6.54 Å². The molecule has 0 atom stereocenters. The number of benzene rings is 1.